The lowest BCUT2D eigenvalue weighted by Crippen LogP contribution is -2.25. The summed E-state index contributed by atoms with van der Waals surface area (Å²) in [6, 6.07) is 0.313. The summed E-state index contributed by atoms with van der Waals surface area (Å²) in [6.45, 7) is 5.28. The van der Waals surface area contributed by atoms with Gasteiger partial charge >= 0.3 is 0 Å². The Bertz CT molecular complexity index is 313. The minimum absolute atomic E-state index is 0.294. The smallest absolute Gasteiger partial charge is 0.0753 e. The van der Waals surface area contributed by atoms with E-state index in [0.717, 1.165) is 31.5 Å². The van der Waals surface area contributed by atoms with Crippen LogP contribution in [0.2, 0.25) is 0 Å². The SMILES string of the molecule is CCCNC(CCC(C)OC)c1cnnn1C. The standard InChI is InChI=1S/C12H24N4O/c1-5-8-13-11(7-6-10(2)17-4)12-9-14-15-16(12)3/h9-11,13H,5-8H2,1-4H3. The highest BCUT2D eigenvalue weighted by atomic mass is 16.5. The molecule has 0 aliphatic heterocycles. The predicted octanol–water partition coefficient (Wildman–Crippen LogP) is 1.67. The molecule has 1 aromatic heterocycles. The van der Waals surface area contributed by atoms with Gasteiger partial charge in [0, 0.05) is 14.2 Å². The van der Waals surface area contributed by atoms with Crippen LogP contribution in [0, 0.1) is 0 Å². The monoisotopic (exact) mass is 240 g/mol. The lowest BCUT2D eigenvalue weighted by Gasteiger charge is -2.19. The number of ether oxygens (including phenoxy) is 1. The van der Waals surface area contributed by atoms with Crippen LogP contribution in [0.1, 0.15) is 44.8 Å². The molecule has 0 aliphatic carbocycles. The fourth-order valence-electron chi connectivity index (χ4n) is 1.81. The number of nitrogens with one attached hydrogen (secondary N) is 1. The zero-order chi connectivity index (χ0) is 12.7. The Balaban J connectivity index is 2.57. The largest absolute Gasteiger partial charge is 0.382 e. The molecule has 1 N–H and O–H groups in total. The summed E-state index contributed by atoms with van der Waals surface area (Å²) in [5.41, 5.74) is 1.14. The third kappa shape index (κ3) is 4.44. The van der Waals surface area contributed by atoms with Crippen LogP contribution in [0.3, 0.4) is 0 Å². The van der Waals surface area contributed by atoms with E-state index in [4.69, 9.17) is 4.74 Å². The molecule has 0 fully saturated rings. The fraction of sp³-hybridized carbons (Fsp3) is 0.833. The van der Waals surface area contributed by atoms with E-state index < -0.39 is 0 Å². The fourth-order valence-corrected chi connectivity index (χ4v) is 1.81. The van der Waals surface area contributed by atoms with Gasteiger partial charge in [-0.3, -0.25) is 4.68 Å². The summed E-state index contributed by atoms with van der Waals surface area (Å²) >= 11 is 0. The van der Waals surface area contributed by atoms with E-state index in [1.807, 2.05) is 17.9 Å². The number of aryl methyl sites for hydroxylation is 1. The molecule has 0 radical (unpaired) electrons. The van der Waals surface area contributed by atoms with Gasteiger partial charge in [-0.25, -0.2) is 0 Å². The summed E-state index contributed by atoms with van der Waals surface area (Å²) in [4.78, 5) is 0. The molecular formula is C12H24N4O. The zero-order valence-corrected chi connectivity index (χ0v) is 11.3. The summed E-state index contributed by atoms with van der Waals surface area (Å²) in [5.74, 6) is 0. The second kappa shape index (κ2) is 7.40. The molecule has 0 amide bonds. The Morgan fingerprint density at radius 3 is 2.76 bits per heavy atom. The van der Waals surface area contributed by atoms with Gasteiger partial charge in [0.05, 0.1) is 24.0 Å². The topological polar surface area (TPSA) is 52.0 Å². The summed E-state index contributed by atoms with van der Waals surface area (Å²) < 4.78 is 7.12. The molecule has 2 unspecified atom stereocenters. The third-order valence-corrected chi connectivity index (χ3v) is 3.01. The molecular weight excluding hydrogens is 216 g/mol. The van der Waals surface area contributed by atoms with Gasteiger partial charge in [-0.05, 0) is 32.7 Å². The molecule has 5 heteroatoms. The van der Waals surface area contributed by atoms with Crippen LogP contribution in [0.5, 0.6) is 0 Å². The Labute approximate surface area is 104 Å². The third-order valence-electron chi connectivity index (χ3n) is 3.01. The van der Waals surface area contributed by atoms with Crippen molar-refractivity contribution in [1.82, 2.24) is 20.3 Å². The first-order valence-corrected chi connectivity index (χ1v) is 6.29. The predicted molar refractivity (Wildman–Crippen MR) is 67.7 cm³/mol. The second-order valence-electron chi connectivity index (χ2n) is 4.41. The number of hydrogen-bond donors (Lipinski definition) is 1. The highest BCUT2D eigenvalue weighted by Gasteiger charge is 2.16. The number of hydrogen-bond acceptors (Lipinski definition) is 4. The van der Waals surface area contributed by atoms with E-state index in [2.05, 4.69) is 29.5 Å². The molecule has 0 saturated heterocycles. The molecule has 1 heterocycles. The van der Waals surface area contributed by atoms with E-state index in [1.165, 1.54) is 0 Å². The molecule has 0 spiro atoms. The Morgan fingerprint density at radius 1 is 1.47 bits per heavy atom. The van der Waals surface area contributed by atoms with Crippen molar-refractivity contribution < 1.29 is 4.74 Å². The van der Waals surface area contributed by atoms with Crippen LogP contribution in [0.4, 0.5) is 0 Å². The van der Waals surface area contributed by atoms with Gasteiger partial charge in [-0.15, -0.1) is 5.10 Å². The number of methoxy groups -OCH3 is 1. The maximum Gasteiger partial charge on any atom is 0.0753 e. The molecule has 0 saturated carbocycles. The average molecular weight is 240 g/mol. The van der Waals surface area contributed by atoms with Gasteiger partial charge in [-0.2, -0.15) is 0 Å². The quantitative estimate of drug-likeness (QED) is 0.751. The Kier molecular flexibility index (Phi) is 6.15. The maximum atomic E-state index is 5.29. The maximum absolute atomic E-state index is 5.29. The first-order chi connectivity index (χ1) is 8.19. The highest BCUT2D eigenvalue weighted by Crippen LogP contribution is 2.18. The Hall–Kier alpha value is -0.940. The van der Waals surface area contributed by atoms with Gasteiger partial charge in [-0.1, -0.05) is 12.1 Å². The van der Waals surface area contributed by atoms with E-state index in [1.54, 1.807) is 7.11 Å². The normalized spacial score (nSPS) is 14.8. The lowest BCUT2D eigenvalue weighted by molar-refractivity contribution is 0.106. The van der Waals surface area contributed by atoms with Gasteiger partial charge in [0.25, 0.3) is 0 Å². The van der Waals surface area contributed by atoms with E-state index >= 15 is 0 Å². The van der Waals surface area contributed by atoms with E-state index in [9.17, 15) is 0 Å². The van der Waals surface area contributed by atoms with E-state index in [-0.39, 0.29) is 0 Å². The van der Waals surface area contributed by atoms with Crippen molar-refractivity contribution in [3.63, 3.8) is 0 Å². The van der Waals surface area contributed by atoms with Gasteiger partial charge < -0.3 is 10.1 Å². The van der Waals surface area contributed by atoms with Crippen LogP contribution in [-0.2, 0) is 11.8 Å². The molecule has 1 rings (SSSR count). The number of rotatable bonds is 8. The van der Waals surface area contributed by atoms with E-state index in [0.29, 0.717) is 12.1 Å². The van der Waals surface area contributed by atoms with Crippen LogP contribution in [0.25, 0.3) is 0 Å². The van der Waals surface area contributed by atoms with Crippen molar-refractivity contribution in [2.24, 2.45) is 7.05 Å². The van der Waals surface area contributed by atoms with Gasteiger partial charge in [0.2, 0.25) is 0 Å². The molecule has 0 aromatic carbocycles. The molecule has 5 nitrogen and oxygen atoms in total. The first-order valence-electron chi connectivity index (χ1n) is 6.29. The van der Waals surface area contributed by atoms with Gasteiger partial charge in [0.15, 0.2) is 0 Å². The van der Waals surface area contributed by atoms with Crippen LogP contribution < -0.4 is 5.32 Å². The van der Waals surface area contributed by atoms with Crippen molar-refractivity contribution in [3.8, 4) is 0 Å². The molecule has 0 aliphatic rings. The minimum Gasteiger partial charge on any atom is -0.382 e. The van der Waals surface area contributed by atoms with Crippen LogP contribution >= 0.6 is 0 Å². The summed E-state index contributed by atoms with van der Waals surface area (Å²) in [6.07, 6.45) is 5.33. The molecule has 1 aromatic rings. The van der Waals surface area contributed by atoms with Crippen molar-refractivity contribution in [2.75, 3.05) is 13.7 Å². The lowest BCUT2D eigenvalue weighted by atomic mass is 10.1. The minimum atomic E-state index is 0.294. The van der Waals surface area contributed by atoms with Crippen molar-refractivity contribution in [1.29, 1.82) is 0 Å². The van der Waals surface area contributed by atoms with Crippen molar-refractivity contribution in [3.05, 3.63) is 11.9 Å². The molecule has 17 heavy (non-hydrogen) atoms. The van der Waals surface area contributed by atoms with Crippen LogP contribution in [0.15, 0.2) is 6.20 Å². The Morgan fingerprint density at radius 2 is 2.24 bits per heavy atom. The van der Waals surface area contributed by atoms with Crippen molar-refractivity contribution >= 4 is 0 Å². The summed E-state index contributed by atoms with van der Waals surface area (Å²) in [5, 5.41) is 11.5. The summed E-state index contributed by atoms with van der Waals surface area (Å²) in [7, 11) is 3.69. The number of nitrogens with zero attached hydrogens (tertiary/aromatic N) is 3. The second-order valence-corrected chi connectivity index (χ2v) is 4.41. The average Bonchev–Trinajstić information content (AvgIpc) is 2.75. The molecule has 98 valence electrons. The number of aromatic nitrogens is 3. The zero-order valence-electron chi connectivity index (χ0n) is 11.3. The molecule has 2 atom stereocenters. The first kappa shape index (κ1) is 14.1. The van der Waals surface area contributed by atoms with Gasteiger partial charge in [0.1, 0.15) is 0 Å². The van der Waals surface area contributed by atoms with Crippen LogP contribution in [-0.4, -0.2) is 34.8 Å². The molecule has 0 bridgehead atoms. The van der Waals surface area contributed by atoms with Crippen molar-refractivity contribution in [2.45, 2.75) is 45.3 Å². The highest BCUT2D eigenvalue weighted by molar-refractivity contribution is 5.01.